The second-order valence-electron chi connectivity index (χ2n) is 5.56. The van der Waals surface area contributed by atoms with Gasteiger partial charge in [0, 0.05) is 5.56 Å². The molecule has 0 saturated heterocycles. The smallest absolute Gasteiger partial charge is 0.325 e. The van der Waals surface area contributed by atoms with Gasteiger partial charge in [0.05, 0.1) is 5.56 Å². The van der Waals surface area contributed by atoms with Gasteiger partial charge < -0.3 is 10.1 Å². The van der Waals surface area contributed by atoms with E-state index in [2.05, 4.69) is 5.32 Å². The predicted molar refractivity (Wildman–Crippen MR) is 89.9 cm³/mol. The zero-order valence-corrected chi connectivity index (χ0v) is 14.0. The van der Waals surface area contributed by atoms with E-state index in [1.54, 1.807) is 13.0 Å². The molecule has 0 fully saturated rings. The van der Waals surface area contributed by atoms with Crippen LogP contribution in [0.1, 0.15) is 31.8 Å². The van der Waals surface area contributed by atoms with E-state index in [9.17, 15) is 18.8 Å². The molecule has 6 heteroatoms. The monoisotopic (exact) mass is 343 g/mol. The van der Waals surface area contributed by atoms with Crippen LogP contribution in [-0.4, -0.2) is 30.8 Å². The van der Waals surface area contributed by atoms with Crippen molar-refractivity contribution in [1.82, 2.24) is 5.32 Å². The SMILES string of the molecule is Cc1ccc(C)c(C(=O)COC(=O)CNC(=O)c2ccccc2F)c1. The largest absolute Gasteiger partial charge is 0.456 e. The number of carbonyl (C=O) groups excluding carboxylic acids is 3. The van der Waals surface area contributed by atoms with Crippen LogP contribution in [0.15, 0.2) is 42.5 Å². The van der Waals surface area contributed by atoms with E-state index in [1.165, 1.54) is 18.2 Å². The number of amides is 1. The van der Waals surface area contributed by atoms with Gasteiger partial charge in [-0.1, -0.05) is 29.8 Å². The maximum absolute atomic E-state index is 13.5. The van der Waals surface area contributed by atoms with Gasteiger partial charge in [0.25, 0.3) is 5.91 Å². The van der Waals surface area contributed by atoms with Crippen molar-refractivity contribution in [2.24, 2.45) is 0 Å². The van der Waals surface area contributed by atoms with Crippen LogP contribution in [0.5, 0.6) is 0 Å². The van der Waals surface area contributed by atoms with Crippen molar-refractivity contribution in [3.63, 3.8) is 0 Å². The first-order valence-electron chi connectivity index (χ1n) is 7.67. The molecule has 0 radical (unpaired) electrons. The third kappa shape index (κ3) is 4.97. The lowest BCUT2D eigenvalue weighted by Crippen LogP contribution is -2.32. The number of hydrogen-bond acceptors (Lipinski definition) is 4. The Balaban J connectivity index is 1.85. The van der Waals surface area contributed by atoms with Gasteiger partial charge in [-0.3, -0.25) is 14.4 Å². The van der Waals surface area contributed by atoms with Gasteiger partial charge >= 0.3 is 5.97 Å². The summed E-state index contributed by atoms with van der Waals surface area (Å²) in [4.78, 5) is 35.6. The topological polar surface area (TPSA) is 72.5 Å². The summed E-state index contributed by atoms with van der Waals surface area (Å²) < 4.78 is 18.3. The average Bonchev–Trinajstić information content (AvgIpc) is 2.60. The highest BCUT2D eigenvalue weighted by molar-refractivity contribution is 6.00. The highest BCUT2D eigenvalue weighted by Crippen LogP contribution is 2.11. The van der Waals surface area contributed by atoms with Gasteiger partial charge in [-0.05, 0) is 37.6 Å². The van der Waals surface area contributed by atoms with E-state index in [-0.39, 0.29) is 11.3 Å². The van der Waals surface area contributed by atoms with Crippen LogP contribution in [0.3, 0.4) is 0 Å². The zero-order chi connectivity index (χ0) is 18.4. The minimum atomic E-state index is -0.775. The Morgan fingerprint density at radius 3 is 2.48 bits per heavy atom. The van der Waals surface area contributed by atoms with Crippen molar-refractivity contribution in [1.29, 1.82) is 0 Å². The van der Waals surface area contributed by atoms with Gasteiger partial charge in [-0.25, -0.2) is 4.39 Å². The highest BCUT2D eigenvalue weighted by Gasteiger charge is 2.15. The first-order valence-corrected chi connectivity index (χ1v) is 7.67. The summed E-state index contributed by atoms with van der Waals surface area (Å²) in [5, 5.41) is 2.26. The lowest BCUT2D eigenvalue weighted by Gasteiger charge is -2.08. The standard InChI is InChI=1S/C19H18FNO4/c1-12-7-8-13(2)15(9-12)17(22)11-25-18(23)10-21-19(24)14-5-3-4-6-16(14)20/h3-9H,10-11H2,1-2H3,(H,21,24). The minimum absolute atomic E-state index is 0.165. The van der Waals surface area contributed by atoms with E-state index in [1.807, 2.05) is 19.1 Å². The second-order valence-corrected chi connectivity index (χ2v) is 5.56. The first kappa shape index (κ1) is 18.3. The Hall–Kier alpha value is -3.02. The first-order chi connectivity index (χ1) is 11.9. The highest BCUT2D eigenvalue weighted by atomic mass is 19.1. The third-order valence-corrected chi connectivity index (χ3v) is 3.57. The number of carbonyl (C=O) groups is 3. The lowest BCUT2D eigenvalue weighted by molar-refractivity contribution is -0.141. The average molecular weight is 343 g/mol. The van der Waals surface area contributed by atoms with Crippen LogP contribution < -0.4 is 5.32 Å². The Morgan fingerprint density at radius 2 is 1.76 bits per heavy atom. The van der Waals surface area contributed by atoms with Crippen LogP contribution in [-0.2, 0) is 9.53 Å². The van der Waals surface area contributed by atoms with Crippen molar-refractivity contribution < 1.29 is 23.5 Å². The molecule has 0 aromatic heterocycles. The summed E-state index contributed by atoms with van der Waals surface area (Å²) in [5.74, 6) is -2.51. The molecule has 0 spiro atoms. The number of benzene rings is 2. The zero-order valence-electron chi connectivity index (χ0n) is 14.0. The molecule has 0 unspecified atom stereocenters. The molecule has 1 amide bonds. The summed E-state index contributed by atoms with van der Waals surface area (Å²) in [6.45, 7) is 2.79. The van der Waals surface area contributed by atoms with Crippen molar-refractivity contribution in [3.8, 4) is 0 Å². The van der Waals surface area contributed by atoms with E-state index in [0.29, 0.717) is 5.56 Å². The van der Waals surface area contributed by atoms with Crippen molar-refractivity contribution in [3.05, 3.63) is 70.5 Å². The quantitative estimate of drug-likeness (QED) is 0.646. The number of rotatable bonds is 6. The fourth-order valence-corrected chi connectivity index (χ4v) is 2.20. The van der Waals surface area contributed by atoms with Gasteiger partial charge in [0.2, 0.25) is 5.78 Å². The molecule has 5 nitrogen and oxygen atoms in total. The molecule has 130 valence electrons. The molecule has 0 aliphatic heterocycles. The molecule has 0 bridgehead atoms. The summed E-state index contributed by atoms with van der Waals surface area (Å²) in [6, 6.07) is 10.9. The van der Waals surface area contributed by atoms with Crippen molar-refractivity contribution in [2.75, 3.05) is 13.2 Å². The van der Waals surface area contributed by atoms with Crippen LogP contribution in [0, 0.1) is 19.7 Å². The van der Waals surface area contributed by atoms with E-state index in [0.717, 1.165) is 17.2 Å². The van der Waals surface area contributed by atoms with E-state index < -0.39 is 30.8 Å². The van der Waals surface area contributed by atoms with Crippen molar-refractivity contribution in [2.45, 2.75) is 13.8 Å². The molecule has 1 N–H and O–H groups in total. The third-order valence-electron chi connectivity index (χ3n) is 3.57. The summed E-state index contributed by atoms with van der Waals surface area (Å²) in [5.41, 5.74) is 2.04. The minimum Gasteiger partial charge on any atom is -0.456 e. The number of hydrogen-bond donors (Lipinski definition) is 1. The number of halogens is 1. The maximum Gasteiger partial charge on any atom is 0.325 e. The Kier molecular flexibility index (Phi) is 6.00. The summed E-state index contributed by atoms with van der Waals surface area (Å²) >= 11 is 0. The predicted octanol–water partition coefficient (Wildman–Crippen LogP) is 2.60. The molecule has 2 rings (SSSR count). The Labute approximate surface area is 144 Å². The number of ether oxygens (including phenoxy) is 1. The van der Waals surface area contributed by atoms with Gasteiger partial charge in [-0.2, -0.15) is 0 Å². The number of aryl methyl sites for hydroxylation is 2. The van der Waals surface area contributed by atoms with Crippen LogP contribution in [0.2, 0.25) is 0 Å². The second kappa shape index (κ2) is 8.19. The molecule has 25 heavy (non-hydrogen) atoms. The van der Waals surface area contributed by atoms with Crippen molar-refractivity contribution >= 4 is 17.7 Å². The normalized spacial score (nSPS) is 10.2. The van der Waals surface area contributed by atoms with Gasteiger partial charge in [0.15, 0.2) is 6.61 Å². The molecule has 0 aliphatic rings. The molecule has 0 atom stereocenters. The molecule has 0 aliphatic carbocycles. The summed E-state index contributed by atoms with van der Waals surface area (Å²) in [7, 11) is 0. The van der Waals surface area contributed by atoms with E-state index >= 15 is 0 Å². The number of nitrogens with one attached hydrogen (secondary N) is 1. The van der Waals surface area contributed by atoms with Gasteiger partial charge in [0.1, 0.15) is 12.4 Å². The number of ketones is 1. The molecule has 2 aromatic rings. The Morgan fingerprint density at radius 1 is 1.04 bits per heavy atom. The lowest BCUT2D eigenvalue weighted by atomic mass is 10.0. The molecule has 0 heterocycles. The van der Waals surface area contributed by atoms with E-state index in [4.69, 9.17) is 4.74 Å². The van der Waals surface area contributed by atoms with Gasteiger partial charge in [-0.15, -0.1) is 0 Å². The Bertz CT molecular complexity index is 817. The number of Topliss-reactive ketones (excluding diaryl/α,β-unsaturated/α-hetero) is 1. The molecular weight excluding hydrogens is 325 g/mol. The fraction of sp³-hybridized carbons (Fsp3) is 0.211. The molecule has 2 aromatic carbocycles. The number of esters is 1. The van der Waals surface area contributed by atoms with Crippen LogP contribution in [0.4, 0.5) is 4.39 Å². The maximum atomic E-state index is 13.5. The van der Waals surface area contributed by atoms with Crippen LogP contribution in [0.25, 0.3) is 0 Å². The molecular formula is C19H18FNO4. The molecule has 0 saturated carbocycles. The fourth-order valence-electron chi connectivity index (χ4n) is 2.20. The van der Waals surface area contributed by atoms with Crippen LogP contribution >= 0.6 is 0 Å². The summed E-state index contributed by atoms with van der Waals surface area (Å²) in [6.07, 6.45) is 0.